The number of aryl methyl sites for hydroxylation is 1. The number of nitriles is 2. The first-order chi connectivity index (χ1) is 21.0. The van der Waals surface area contributed by atoms with E-state index in [-0.39, 0.29) is 23.8 Å². The molecule has 4 nitrogen and oxygen atoms in total. The second kappa shape index (κ2) is 11.8. The van der Waals surface area contributed by atoms with E-state index < -0.39 is 96.6 Å². The number of rotatable bonds is 2. The van der Waals surface area contributed by atoms with Gasteiger partial charge >= 0.3 is 24.7 Å². The highest BCUT2D eigenvalue weighted by Crippen LogP contribution is 2.42. The molecule has 236 valence electrons. The van der Waals surface area contributed by atoms with E-state index in [1.807, 2.05) is 0 Å². The van der Waals surface area contributed by atoms with E-state index >= 15 is 13.2 Å². The van der Waals surface area contributed by atoms with Gasteiger partial charge in [0.25, 0.3) is 11.4 Å². The summed E-state index contributed by atoms with van der Waals surface area (Å²) in [6.45, 7) is 16.7. The minimum absolute atomic E-state index is 0.108. The molecule has 0 fully saturated rings. The predicted molar refractivity (Wildman–Crippen MR) is 137 cm³/mol. The van der Waals surface area contributed by atoms with E-state index in [9.17, 15) is 50.0 Å². The van der Waals surface area contributed by atoms with Gasteiger partial charge in [-0.3, -0.25) is 0 Å². The Morgan fingerprint density at radius 1 is 0.565 bits per heavy atom. The Balaban J connectivity index is 2.99. The summed E-state index contributed by atoms with van der Waals surface area (Å²) in [7, 11) is 0. The van der Waals surface area contributed by atoms with Crippen LogP contribution in [0.25, 0.3) is 43.3 Å². The van der Waals surface area contributed by atoms with Crippen molar-refractivity contribution >= 4 is 11.4 Å². The molecular formula is C30H12F12N4. The van der Waals surface area contributed by atoms with Crippen LogP contribution in [0.1, 0.15) is 33.4 Å². The van der Waals surface area contributed by atoms with Gasteiger partial charge in [-0.1, -0.05) is 6.07 Å². The van der Waals surface area contributed by atoms with Crippen molar-refractivity contribution in [2.75, 3.05) is 0 Å². The Morgan fingerprint density at radius 2 is 0.957 bits per heavy atom. The minimum atomic E-state index is -5.86. The molecule has 0 atom stereocenters. The lowest BCUT2D eigenvalue weighted by molar-refractivity contribution is -0.143. The van der Waals surface area contributed by atoms with E-state index in [4.69, 9.17) is 13.1 Å². The molecule has 16 heteroatoms. The van der Waals surface area contributed by atoms with Crippen molar-refractivity contribution in [2.45, 2.75) is 38.6 Å². The highest BCUT2D eigenvalue weighted by atomic mass is 19.4. The fourth-order valence-corrected chi connectivity index (χ4v) is 4.80. The van der Waals surface area contributed by atoms with Crippen LogP contribution in [0.4, 0.5) is 52.7 Å². The second-order valence-electron chi connectivity index (χ2n) is 9.52. The zero-order valence-corrected chi connectivity index (χ0v) is 22.8. The molecule has 0 aliphatic rings. The first kappa shape index (κ1) is 35.0. The van der Waals surface area contributed by atoms with Crippen LogP contribution in [0.3, 0.4) is 0 Å². The highest BCUT2D eigenvalue weighted by molar-refractivity contribution is 5.87. The SMILES string of the molecule is [C-]#[N+]/C(C#N)=c1\c(C)c(-c2cc(C)cc(C(F)(F)F)c2)/c(=C(/C#N)[N+]#[C-])c(C(F)(F)F)c1-c1cc(C(F)(F)F)cc(C(F)(F)F)c1. The Kier molecular flexibility index (Phi) is 8.97. The monoisotopic (exact) mass is 656 g/mol. The molecule has 0 aromatic heterocycles. The van der Waals surface area contributed by atoms with Crippen LogP contribution < -0.4 is 10.4 Å². The fourth-order valence-electron chi connectivity index (χ4n) is 4.80. The topological polar surface area (TPSA) is 56.3 Å². The lowest BCUT2D eigenvalue weighted by Gasteiger charge is -2.23. The van der Waals surface area contributed by atoms with Crippen LogP contribution in [-0.2, 0) is 24.7 Å². The second-order valence-corrected chi connectivity index (χ2v) is 9.52. The van der Waals surface area contributed by atoms with Crippen LogP contribution >= 0.6 is 0 Å². The van der Waals surface area contributed by atoms with Crippen molar-refractivity contribution in [1.82, 2.24) is 0 Å². The minimum Gasteiger partial charge on any atom is -0.226 e. The standard InChI is InChI=1S/C30H12F12N4/c1-13-5-15(7-17(6-13)27(31,32)33)22-14(2)23(20(11-43)45-3)24(26(30(40,41)42)25(22)21(12-44)46-4)16-8-18(28(34,35)36)10-19(9-16)29(37,38)39/h5-10H,1-2H3/b23-20+,25-21+. The van der Waals surface area contributed by atoms with Crippen LogP contribution in [0.2, 0.25) is 0 Å². The average molecular weight is 656 g/mol. The van der Waals surface area contributed by atoms with Gasteiger partial charge in [-0.25, -0.2) is 20.2 Å². The van der Waals surface area contributed by atoms with Gasteiger partial charge in [0.1, 0.15) is 0 Å². The van der Waals surface area contributed by atoms with Gasteiger partial charge in [0.2, 0.25) is 0 Å². The molecule has 0 bridgehead atoms. The molecular weight excluding hydrogens is 644 g/mol. The molecule has 0 aliphatic carbocycles. The molecule has 3 aromatic carbocycles. The molecule has 3 rings (SSSR count). The lowest BCUT2D eigenvalue weighted by Crippen LogP contribution is -2.32. The first-order valence-electron chi connectivity index (χ1n) is 12.1. The maximum absolute atomic E-state index is 15.1. The Bertz CT molecular complexity index is 1990. The average Bonchev–Trinajstić information content (AvgIpc) is 2.92. The summed E-state index contributed by atoms with van der Waals surface area (Å²) < 4.78 is 169. The number of benzene rings is 3. The first-order valence-corrected chi connectivity index (χ1v) is 12.1. The summed E-state index contributed by atoms with van der Waals surface area (Å²) in [6, 6.07) is 3.64. The third-order valence-corrected chi connectivity index (χ3v) is 6.51. The Labute approximate surface area is 251 Å². The zero-order chi connectivity index (χ0) is 35.2. The largest absolute Gasteiger partial charge is 0.416 e. The molecule has 0 aliphatic heterocycles. The predicted octanol–water partition coefficient (Wildman–Crippen LogP) is 8.81. The number of hydrogen-bond donors (Lipinski definition) is 0. The molecule has 0 radical (unpaired) electrons. The summed E-state index contributed by atoms with van der Waals surface area (Å²) in [5.74, 6) is 0. The van der Waals surface area contributed by atoms with E-state index in [0.29, 0.717) is 12.1 Å². The van der Waals surface area contributed by atoms with Crippen LogP contribution in [0.15, 0.2) is 36.4 Å². The van der Waals surface area contributed by atoms with Crippen LogP contribution in [-0.4, -0.2) is 0 Å². The molecule has 0 spiro atoms. The van der Waals surface area contributed by atoms with Crippen molar-refractivity contribution in [2.24, 2.45) is 0 Å². The zero-order valence-electron chi connectivity index (χ0n) is 22.8. The van der Waals surface area contributed by atoms with Gasteiger partial charge in [0.15, 0.2) is 0 Å². The molecule has 3 aromatic rings. The van der Waals surface area contributed by atoms with E-state index in [0.717, 1.165) is 26.0 Å². The van der Waals surface area contributed by atoms with Gasteiger partial charge in [-0.2, -0.15) is 52.7 Å². The smallest absolute Gasteiger partial charge is 0.226 e. The van der Waals surface area contributed by atoms with Crippen LogP contribution in [0.5, 0.6) is 0 Å². The molecule has 0 amide bonds. The Hall–Kier alpha value is -5.48. The molecule has 0 saturated carbocycles. The fraction of sp³-hybridized carbons (Fsp3) is 0.200. The number of halogens is 12. The molecule has 0 saturated heterocycles. The molecule has 0 unspecified atom stereocenters. The highest BCUT2D eigenvalue weighted by Gasteiger charge is 2.42. The van der Waals surface area contributed by atoms with Gasteiger partial charge in [0.05, 0.1) is 47.5 Å². The van der Waals surface area contributed by atoms with Crippen molar-refractivity contribution in [1.29, 1.82) is 10.5 Å². The van der Waals surface area contributed by atoms with Crippen molar-refractivity contribution in [3.8, 4) is 34.4 Å². The third kappa shape index (κ3) is 6.62. The summed E-state index contributed by atoms with van der Waals surface area (Å²) >= 11 is 0. The van der Waals surface area contributed by atoms with E-state index in [2.05, 4.69) is 9.69 Å². The van der Waals surface area contributed by atoms with Crippen molar-refractivity contribution in [3.63, 3.8) is 0 Å². The number of nitrogens with zero attached hydrogens (tertiary/aromatic N) is 4. The van der Waals surface area contributed by atoms with Gasteiger partial charge < -0.3 is 0 Å². The quantitative estimate of drug-likeness (QED) is 0.205. The maximum Gasteiger partial charge on any atom is 0.416 e. The van der Waals surface area contributed by atoms with Gasteiger partial charge in [-0.15, -0.1) is 0 Å². The maximum atomic E-state index is 15.1. The summed E-state index contributed by atoms with van der Waals surface area (Å²) in [6.07, 6.45) is -22.1. The number of hydrogen-bond acceptors (Lipinski definition) is 2. The molecule has 0 heterocycles. The summed E-state index contributed by atoms with van der Waals surface area (Å²) in [5, 5.41) is 16.7. The van der Waals surface area contributed by atoms with Crippen molar-refractivity contribution in [3.05, 3.63) is 103 Å². The van der Waals surface area contributed by atoms with Crippen molar-refractivity contribution < 1.29 is 52.7 Å². The summed E-state index contributed by atoms with van der Waals surface area (Å²) in [4.78, 5) is 5.52. The normalized spacial score (nSPS) is 13.6. The Morgan fingerprint density at radius 3 is 1.33 bits per heavy atom. The van der Waals surface area contributed by atoms with E-state index in [1.54, 1.807) is 0 Å². The lowest BCUT2D eigenvalue weighted by atomic mass is 9.83. The molecule has 0 N–H and O–H groups in total. The summed E-state index contributed by atoms with van der Waals surface area (Å²) in [5.41, 5.74) is -16.2. The third-order valence-electron chi connectivity index (χ3n) is 6.51. The molecule has 46 heavy (non-hydrogen) atoms. The van der Waals surface area contributed by atoms with Crippen LogP contribution in [0, 0.1) is 49.7 Å². The number of alkyl halides is 12. The van der Waals surface area contributed by atoms with Gasteiger partial charge in [0, 0.05) is 10.4 Å². The van der Waals surface area contributed by atoms with Gasteiger partial charge in [-0.05, 0) is 77.6 Å². The van der Waals surface area contributed by atoms with E-state index in [1.165, 1.54) is 6.07 Å².